The number of aliphatic hydroxyl groups is 1. The molecule has 0 unspecified atom stereocenters. The molecule has 2 aromatic carbocycles. The van der Waals surface area contributed by atoms with Crippen LogP contribution < -0.4 is 10.5 Å². The number of aliphatic hydroxyl groups excluding tert-OH is 1. The van der Waals surface area contributed by atoms with Gasteiger partial charge in [-0.1, -0.05) is 52.0 Å². The summed E-state index contributed by atoms with van der Waals surface area (Å²) in [4.78, 5) is 0. The van der Waals surface area contributed by atoms with Crippen molar-refractivity contribution in [2.45, 2.75) is 64.9 Å². The van der Waals surface area contributed by atoms with Crippen LogP contribution in [0.2, 0.25) is 0 Å². The van der Waals surface area contributed by atoms with Crippen LogP contribution >= 0.6 is 0 Å². The second-order valence-corrected chi connectivity index (χ2v) is 9.60. The van der Waals surface area contributed by atoms with Gasteiger partial charge in [0, 0.05) is 12.0 Å². The number of hydrogen-bond acceptors (Lipinski definition) is 3. The Morgan fingerprint density at radius 3 is 2.19 bits per heavy atom. The molecule has 0 spiro atoms. The topological polar surface area (TPSA) is 55.5 Å². The first-order valence-electron chi connectivity index (χ1n) is 10.3. The minimum atomic E-state index is -0.394. The Hall–Kier alpha value is -1.58. The summed E-state index contributed by atoms with van der Waals surface area (Å²) < 4.78 is 6.30. The molecule has 1 saturated carbocycles. The molecule has 0 amide bonds. The molecule has 0 saturated heterocycles. The van der Waals surface area contributed by atoms with Crippen molar-refractivity contribution < 1.29 is 9.84 Å². The van der Waals surface area contributed by atoms with Gasteiger partial charge in [-0.05, 0) is 65.5 Å². The van der Waals surface area contributed by atoms with Gasteiger partial charge in [-0.15, -0.1) is 0 Å². The van der Waals surface area contributed by atoms with Crippen LogP contribution in [0.3, 0.4) is 0 Å². The van der Waals surface area contributed by atoms with Crippen molar-refractivity contribution in [1.82, 2.24) is 0 Å². The number of fused-ring (bicyclic) bond motifs is 1. The molecule has 148 valence electrons. The van der Waals surface area contributed by atoms with Crippen LogP contribution in [0.1, 0.15) is 58.9 Å². The Morgan fingerprint density at radius 1 is 0.963 bits per heavy atom. The fraction of sp³-hybridized carbons (Fsp3) is 0.583. The quantitative estimate of drug-likeness (QED) is 0.777. The third kappa shape index (κ3) is 4.47. The number of rotatable bonds is 5. The first-order chi connectivity index (χ1) is 12.7. The van der Waals surface area contributed by atoms with E-state index in [1.54, 1.807) is 0 Å². The molecule has 3 N–H and O–H groups in total. The summed E-state index contributed by atoms with van der Waals surface area (Å²) in [5, 5.41) is 12.0. The lowest BCUT2D eigenvalue weighted by Crippen LogP contribution is -2.35. The zero-order valence-corrected chi connectivity index (χ0v) is 17.3. The van der Waals surface area contributed by atoms with Crippen molar-refractivity contribution in [2.75, 3.05) is 13.2 Å². The van der Waals surface area contributed by atoms with E-state index in [1.165, 1.54) is 12.8 Å². The maximum Gasteiger partial charge on any atom is 0.120 e. The molecule has 2 aromatic rings. The predicted molar refractivity (Wildman–Crippen MR) is 113 cm³/mol. The molecule has 27 heavy (non-hydrogen) atoms. The molecular weight excluding hydrogens is 334 g/mol. The van der Waals surface area contributed by atoms with Crippen LogP contribution in [-0.4, -0.2) is 24.4 Å². The molecule has 0 radical (unpaired) electrons. The molecule has 0 bridgehead atoms. The van der Waals surface area contributed by atoms with Gasteiger partial charge in [-0.25, -0.2) is 0 Å². The predicted octanol–water partition coefficient (Wildman–Crippen LogP) is 5.03. The monoisotopic (exact) mass is 369 g/mol. The van der Waals surface area contributed by atoms with Crippen molar-refractivity contribution in [3.63, 3.8) is 0 Å². The van der Waals surface area contributed by atoms with E-state index in [0.29, 0.717) is 18.1 Å². The lowest BCUT2D eigenvalue weighted by Gasteiger charge is -2.37. The minimum Gasteiger partial charge on any atom is -0.490 e. The average molecular weight is 370 g/mol. The highest BCUT2D eigenvalue weighted by Gasteiger charge is 2.30. The second-order valence-electron chi connectivity index (χ2n) is 9.60. The Bertz CT molecular complexity index is 766. The average Bonchev–Trinajstić information content (AvgIpc) is 2.66. The highest BCUT2D eigenvalue weighted by molar-refractivity contribution is 5.84. The Morgan fingerprint density at radius 2 is 1.59 bits per heavy atom. The van der Waals surface area contributed by atoms with Crippen molar-refractivity contribution in [3.8, 4) is 5.75 Å². The van der Waals surface area contributed by atoms with Crippen LogP contribution in [0.4, 0.5) is 0 Å². The van der Waals surface area contributed by atoms with Crippen LogP contribution in [0.15, 0.2) is 36.4 Å². The Labute approximate surface area is 163 Å². The Balaban J connectivity index is 1.71. The summed E-state index contributed by atoms with van der Waals surface area (Å²) in [6.45, 7) is 9.52. The van der Waals surface area contributed by atoms with Gasteiger partial charge in [-0.3, -0.25) is 0 Å². The van der Waals surface area contributed by atoms with Crippen LogP contribution in [-0.2, 0) is 5.41 Å². The highest BCUT2D eigenvalue weighted by atomic mass is 16.5. The van der Waals surface area contributed by atoms with E-state index in [1.807, 2.05) is 6.92 Å². The highest BCUT2D eigenvalue weighted by Crippen LogP contribution is 2.39. The van der Waals surface area contributed by atoms with Crippen molar-refractivity contribution >= 4 is 10.8 Å². The maximum absolute atomic E-state index is 9.71. The molecule has 3 rings (SSSR count). The third-order valence-electron chi connectivity index (χ3n) is 6.51. The molecule has 1 aliphatic carbocycles. The van der Waals surface area contributed by atoms with Crippen molar-refractivity contribution in [3.05, 3.63) is 42.0 Å². The van der Waals surface area contributed by atoms with Crippen LogP contribution in [0, 0.1) is 11.3 Å². The summed E-state index contributed by atoms with van der Waals surface area (Å²) in [5.74, 6) is 1.76. The second kappa shape index (κ2) is 7.81. The van der Waals surface area contributed by atoms with E-state index in [0.717, 1.165) is 40.8 Å². The lowest BCUT2D eigenvalue weighted by molar-refractivity contribution is 0.0883. The van der Waals surface area contributed by atoms with Gasteiger partial charge in [0.05, 0.1) is 12.7 Å². The summed E-state index contributed by atoms with van der Waals surface area (Å²) in [5.41, 5.74) is 6.96. The largest absolute Gasteiger partial charge is 0.490 e. The fourth-order valence-corrected chi connectivity index (χ4v) is 4.19. The van der Waals surface area contributed by atoms with E-state index < -0.39 is 5.41 Å². The van der Waals surface area contributed by atoms with Crippen molar-refractivity contribution in [2.24, 2.45) is 17.1 Å². The van der Waals surface area contributed by atoms with Crippen molar-refractivity contribution in [1.29, 1.82) is 0 Å². The smallest absolute Gasteiger partial charge is 0.120 e. The zero-order chi connectivity index (χ0) is 19.7. The summed E-state index contributed by atoms with van der Waals surface area (Å²) in [6.07, 6.45) is 5.12. The van der Waals surface area contributed by atoms with Gasteiger partial charge in [0.15, 0.2) is 0 Å². The molecule has 1 aliphatic rings. The van der Waals surface area contributed by atoms with E-state index in [2.05, 4.69) is 57.2 Å². The van der Waals surface area contributed by atoms with E-state index in [9.17, 15) is 5.11 Å². The molecule has 0 aromatic heterocycles. The molecule has 3 nitrogen and oxygen atoms in total. The molecular formula is C24H35NO2. The zero-order valence-electron chi connectivity index (χ0n) is 17.3. The maximum atomic E-state index is 9.71. The van der Waals surface area contributed by atoms with Gasteiger partial charge in [0.1, 0.15) is 5.75 Å². The summed E-state index contributed by atoms with van der Waals surface area (Å²) in [7, 11) is 0. The molecule has 1 fully saturated rings. The van der Waals surface area contributed by atoms with E-state index in [-0.39, 0.29) is 6.61 Å². The number of nitrogens with two attached hydrogens (primary N) is 1. The van der Waals surface area contributed by atoms with Gasteiger partial charge in [-0.2, -0.15) is 0 Å². The number of ether oxygens (including phenoxy) is 1. The van der Waals surface area contributed by atoms with Gasteiger partial charge in [0.2, 0.25) is 0 Å². The fourth-order valence-electron chi connectivity index (χ4n) is 4.19. The van der Waals surface area contributed by atoms with Gasteiger partial charge >= 0.3 is 0 Å². The lowest BCUT2D eigenvalue weighted by atomic mass is 9.72. The standard InChI is InChI=1S/C24H35NO2/c1-23(2,3)19-8-11-21(12-9-19)27-22-10-6-17-13-20(7-5-18(17)14-22)24(4,15-25)16-26/h5-7,10,13-14,19,21,26H,8-9,11-12,15-16,25H2,1-4H3/t19?,21?,24-/m1/s1. The SMILES string of the molecule is CC(C)(C)C1CCC(Oc2ccc3cc([C@](C)(CN)CO)ccc3c2)CC1. The number of hydrogen-bond donors (Lipinski definition) is 2. The minimum absolute atomic E-state index is 0.0490. The normalized spacial score (nSPS) is 23.2. The Kier molecular flexibility index (Phi) is 5.83. The van der Waals surface area contributed by atoms with Gasteiger partial charge < -0.3 is 15.6 Å². The molecule has 1 atom stereocenters. The van der Waals surface area contributed by atoms with Gasteiger partial charge in [0.25, 0.3) is 0 Å². The summed E-state index contributed by atoms with van der Waals surface area (Å²) in [6, 6.07) is 12.6. The van der Waals surface area contributed by atoms with Crippen LogP contribution in [0.5, 0.6) is 5.75 Å². The molecule has 3 heteroatoms. The van der Waals surface area contributed by atoms with E-state index in [4.69, 9.17) is 10.5 Å². The van der Waals surface area contributed by atoms with E-state index >= 15 is 0 Å². The molecule has 0 aliphatic heterocycles. The number of benzene rings is 2. The van der Waals surface area contributed by atoms with Crippen LogP contribution in [0.25, 0.3) is 10.8 Å². The molecule has 0 heterocycles. The summed E-state index contributed by atoms with van der Waals surface area (Å²) >= 11 is 0. The first kappa shape index (κ1) is 20.2. The third-order valence-corrected chi connectivity index (χ3v) is 6.51. The first-order valence-corrected chi connectivity index (χ1v) is 10.3.